The van der Waals surface area contributed by atoms with Gasteiger partial charge < -0.3 is 5.11 Å². The summed E-state index contributed by atoms with van der Waals surface area (Å²) in [7, 11) is 0. The van der Waals surface area contributed by atoms with Crippen molar-refractivity contribution in [2.75, 3.05) is 13.1 Å². The molecule has 0 aliphatic carbocycles. The number of likely N-dealkylation sites (tertiary alicyclic amines) is 1. The molecule has 1 unspecified atom stereocenters. The average Bonchev–Trinajstić information content (AvgIpc) is 2.34. The second-order valence-electron chi connectivity index (χ2n) is 4.94. The fourth-order valence-corrected chi connectivity index (χ4v) is 2.74. The van der Waals surface area contributed by atoms with Gasteiger partial charge >= 0.3 is 0 Å². The highest BCUT2D eigenvalue weighted by Crippen LogP contribution is 2.26. The summed E-state index contributed by atoms with van der Waals surface area (Å²) < 4.78 is 0. The van der Waals surface area contributed by atoms with Crippen molar-refractivity contribution in [1.29, 1.82) is 0 Å². The third kappa shape index (κ3) is 3.36. The first-order chi connectivity index (χ1) is 8.19. The molecule has 1 saturated heterocycles. The quantitative estimate of drug-likeness (QED) is 0.889. The summed E-state index contributed by atoms with van der Waals surface area (Å²) in [6.07, 6.45) is 3.93. The molecule has 1 aliphatic heterocycles. The predicted molar refractivity (Wildman–Crippen MR) is 71.4 cm³/mol. The van der Waals surface area contributed by atoms with E-state index in [0.717, 1.165) is 12.5 Å². The number of benzene rings is 1. The minimum Gasteiger partial charge on any atom is -0.506 e. The van der Waals surface area contributed by atoms with E-state index in [-0.39, 0.29) is 5.75 Å². The van der Waals surface area contributed by atoms with E-state index >= 15 is 0 Å². The Morgan fingerprint density at radius 2 is 2.29 bits per heavy atom. The van der Waals surface area contributed by atoms with Crippen LogP contribution in [0.1, 0.15) is 31.7 Å². The molecule has 1 aromatic carbocycles. The Kier molecular flexibility index (Phi) is 4.30. The van der Waals surface area contributed by atoms with Crippen molar-refractivity contribution in [3.8, 4) is 5.75 Å². The number of aromatic hydroxyl groups is 1. The molecule has 0 amide bonds. The number of nitrogens with zero attached hydrogens (tertiary/aromatic N) is 1. The van der Waals surface area contributed by atoms with Gasteiger partial charge in [0.2, 0.25) is 0 Å². The summed E-state index contributed by atoms with van der Waals surface area (Å²) >= 11 is 5.92. The van der Waals surface area contributed by atoms with E-state index in [0.29, 0.717) is 5.02 Å². The molecular formula is C14H20ClNO. The first-order valence-electron chi connectivity index (χ1n) is 6.38. The van der Waals surface area contributed by atoms with E-state index in [1.807, 2.05) is 12.1 Å². The summed E-state index contributed by atoms with van der Waals surface area (Å²) in [5.41, 5.74) is 1.18. The van der Waals surface area contributed by atoms with Gasteiger partial charge in [0.05, 0.1) is 5.02 Å². The third-order valence-corrected chi connectivity index (χ3v) is 3.90. The normalized spacial score (nSPS) is 21.6. The van der Waals surface area contributed by atoms with Crippen LogP contribution < -0.4 is 0 Å². The van der Waals surface area contributed by atoms with Gasteiger partial charge in [-0.05, 0) is 43.0 Å². The maximum atomic E-state index is 9.38. The Morgan fingerprint density at radius 3 is 3.00 bits per heavy atom. The van der Waals surface area contributed by atoms with E-state index in [2.05, 4.69) is 11.8 Å². The zero-order valence-electron chi connectivity index (χ0n) is 10.3. The molecular weight excluding hydrogens is 234 g/mol. The topological polar surface area (TPSA) is 23.5 Å². The minimum absolute atomic E-state index is 0.167. The van der Waals surface area contributed by atoms with Crippen LogP contribution in [0.15, 0.2) is 18.2 Å². The van der Waals surface area contributed by atoms with Crippen molar-refractivity contribution < 1.29 is 5.11 Å². The molecule has 1 N–H and O–H groups in total. The van der Waals surface area contributed by atoms with E-state index in [4.69, 9.17) is 11.6 Å². The number of halogens is 1. The van der Waals surface area contributed by atoms with Gasteiger partial charge in [-0.15, -0.1) is 0 Å². The lowest BCUT2D eigenvalue weighted by Crippen LogP contribution is -2.34. The van der Waals surface area contributed by atoms with E-state index in [9.17, 15) is 5.11 Å². The second-order valence-corrected chi connectivity index (χ2v) is 5.34. The van der Waals surface area contributed by atoms with Gasteiger partial charge in [0.25, 0.3) is 0 Å². The SMILES string of the molecule is CCC1CCCN(Cc2ccc(O)c(Cl)c2)C1. The molecule has 1 fully saturated rings. The van der Waals surface area contributed by atoms with E-state index in [1.165, 1.54) is 37.9 Å². The molecule has 17 heavy (non-hydrogen) atoms. The number of hydrogen-bond donors (Lipinski definition) is 1. The van der Waals surface area contributed by atoms with Crippen molar-refractivity contribution in [3.63, 3.8) is 0 Å². The molecule has 1 aliphatic rings. The van der Waals surface area contributed by atoms with Gasteiger partial charge in [-0.1, -0.05) is 31.0 Å². The van der Waals surface area contributed by atoms with E-state index < -0.39 is 0 Å². The lowest BCUT2D eigenvalue weighted by atomic mass is 9.95. The molecule has 0 radical (unpaired) electrons. The third-order valence-electron chi connectivity index (χ3n) is 3.60. The lowest BCUT2D eigenvalue weighted by molar-refractivity contribution is 0.164. The van der Waals surface area contributed by atoms with Gasteiger partial charge in [-0.2, -0.15) is 0 Å². The number of phenolic OH excluding ortho intramolecular Hbond substituents is 1. The van der Waals surface area contributed by atoms with Crippen molar-refractivity contribution in [3.05, 3.63) is 28.8 Å². The Hall–Kier alpha value is -0.730. The first kappa shape index (κ1) is 12.7. The smallest absolute Gasteiger partial charge is 0.134 e. The summed E-state index contributed by atoms with van der Waals surface area (Å²) in [5, 5.41) is 9.83. The summed E-state index contributed by atoms with van der Waals surface area (Å²) in [5.74, 6) is 1.01. The van der Waals surface area contributed by atoms with Gasteiger partial charge in [0, 0.05) is 13.1 Å². The molecule has 2 nitrogen and oxygen atoms in total. The standard InChI is InChI=1S/C14H20ClNO/c1-2-11-4-3-7-16(9-11)10-12-5-6-14(17)13(15)8-12/h5-6,8,11,17H,2-4,7,9-10H2,1H3. The van der Waals surface area contributed by atoms with Gasteiger partial charge in [0.15, 0.2) is 0 Å². The Bertz CT molecular complexity index is 380. The molecule has 0 saturated carbocycles. The number of hydrogen-bond acceptors (Lipinski definition) is 2. The average molecular weight is 254 g/mol. The number of rotatable bonds is 3. The fraction of sp³-hybridized carbons (Fsp3) is 0.571. The molecule has 1 atom stereocenters. The van der Waals surface area contributed by atoms with Gasteiger partial charge in [0.1, 0.15) is 5.75 Å². The van der Waals surface area contributed by atoms with Crippen LogP contribution in [0, 0.1) is 5.92 Å². The molecule has 1 aromatic rings. The van der Waals surface area contributed by atoms with Crippen molar-refractivity contribution in [1.82, 2.24) is 4.90 Å². The van der Waals surface area contributed by atoms with Gasteiger partial charge in [-0.25, -0.2) is 0 Å². The molecule has 0 aromatic heterocycles. The zero-order valence-corrected chi connectivity index (χ0v) is 11.1. The monoisotopic (exact) mass is 253 g/mol. The summed E-state index contributed by atoms with van der Waals surface area (Å²) in [6, 6.07) is 5.50. The van der Waals surface area contributed by atoms with Crippen LogP contribution in [0.5, 0.6) is 5.75 Å². The number of piperidine rings is 1. The first-order valence-corrected chi connectivity index (χ1v) is 6.76. The van der Waals surface area contributed by atoms with Crippen molar-refractivity contribution in [2.45, 2.75) is 32.7 Å². The summed E-state index contributed by atoms with van der Waals surface area (Å²) in [6.45, 7) is 5.58. The van der Waals surface area contributed by atoms with Crippen LogP contribution in [0.25, 0.3) is 0 Å². The van der Waals surface area contributed by atoms with Crippen molar-refractivity contribution in [2.24, 2.45) is 5.92 Å². The highest BCUT2D eigenvalue weighted by Gasteiger charge is 2.18. The van der Waals surface area contributed by atoms with Crippen LogP contribution in [0.2, 0.25) is 5.02 Å². The molecule has 0 spiro atoms. The summed E-state index contributed by atoms with van der Waals surface area (Å²) in [4.78, 5) is 2.49. The van der Waals surface area contributed by atoms with Gasteiger partial charge in [-0.3, -0.25) is 4.90 Å². The second kappa shape index (κ2) is 5.74. The highest BCUT2D eigenvalue weighted by atomic mass is 35.5. The highest BCUT2D eigenvalue weighted by molar-refractivity contribution is 6.32. The Morgan fingerprint density at radius 1 is 1.47 bits per heavy atom. The zero-order chi connectivity index (χ0) is 12.3. The fourth-order valence-electron chi connectivity index (χ4n) is 2.54. The predicted octanol–water partition coefficient (Wildman–Crippen LogP) is 3.67. The van der Waals surface area contributed by atoms with Crippen LogP contribution >= 0.6 is 11.6 Å². The van der Waals surface area contributed by atoms with Crippen LogP contribution in [-0.2, 0) is 6.54 Å². The maximum absolute atomic E-state index is 9.38. The van der Waals surface area contributed by atoms with E-state index in [1.54, 1.807) is 6.07 Å². The Balaban J connectivity index is 1.97. The number of phenols is 1. The van der Waals surface area contributed by atoms with Crippen molar-refractivity contribution >= 4 is 11.6 Å². The lowest BCUT2D eigenvalue weighted by Gasteiger charge is -2.32. The maximum Gasteiger partial charge on any atom is 0.134 e. The van der Waals surface area contributed by atoms with Crippen LogP contribution in [-0.4, -0.2) is 23.1 Å². The molecule has 0 bridgehead atoms. The molecule has 3 heteroatoms. The van der Waals surface area contributed by atoms with Crippen LogP contribution in [0.3, 0.4) is 0 Å². The molecule has 2 rings (SSSR count). The molecule has 94 valence electrons. The largest absolute Gasteiger partial charge is 0.506 e. The molecule has 1 heterocycles. The Labute approximate surface area is 108 Å². The minimum atomic E-state index is 0.167. The van der Waals surface area contributed by atoms with Crippen LogP contribution in [0.4, 0.5) is 0 Å².